The molecule has 0 radical (unpaired) electrons. The van der Waals surface area contributed by atoms with E-state index in [0.29, 0.717) is 0 Å². The number of nitrogens with two attached hydrogens (primary N) is 1. The highest BCUT2D eigenvalue weighted by Gasteiger charge is 2.34. The first-order valence-electron chi connectivity index (χ1n) is 7.98. The van der Waals surface area contributed by atoms with Crippen LogP contribution in [0.4, 0.5) is 5.69 Å². The number of hydrogen-bond acceptors (Lipinski definition) is 2. The van der Waals surface area contributed by atoms with Crippen LogP contribution in [0.15, 0.2) is 18.2 Å². The standard InChI is InChI=1S/C17H25ClN2/c1-2-15(19)9-13-5-6-14(18)10-17(13)20(16-7-8-16)11-12-3-4-12/h5-6,10,12,15-16H,2-4,7-9,11,19H2,1H3. The van der Waals surface area contributed by atoms with Gasteiger partial charge in [-0.2, -0.15) is 0 Å². The molecule has 0 aromatic heterocycles. The zero-order valence-corrected chi connectivity index (χ0v) is 13.1. The summed E-state index contributed by atoms with van der Waals surface area (Å²) in [6, 6.07) is 7.32. The van der Waals surface area contributed by atoms with Gasteiger partial charge in [-0.05, 0) is 62.1 Å². The van der Waals surface area contributed by atoms with Crippen LogP contribution in [0.3, 0.4) is 0 Å². The van der Waals surface area contributed by atoms with Crippen molar-refractivity contribution in [2.24, 2.45) is 11.7 Å². The zero-order chi connectivity index (χ0) is 14.1. The third kappa shape index (κ3) is 3.48. The third-order valence-corrected chi connectivity index (χ3v) is 4.74. The summed E-state index contributed by atoms with van der Waals surface area (Å²) in [7, 11) is 0. The van der Waals surface area contributed by atoms with Crippen molar-refractivity contribution in [2.45, 2.75) is 57.5 Å². The summed E-state index contributed by atoms with van der Waals surface area (Å²) >= 11 is 6.25. The van der Waals surface area contributed by atoms with Gasteiger partial charge in [0.25, 0.3) is 0 Å². The van der Waals surface area contributed by atoms with Crippen molar-refractivity contribution in [2.75, 3.05) is 11.4 Å². The lowest BCUT2D eigenvalue weighted by Crippen LogP contribution is -2.30. The molecule has 0 heterocycles. The highest BCUT2D eigenvalue weighted by atomic mass is 35.5. The minimum atomic E-state index is 0.247. The van der Waals surface area contributed by atoms with Crippen LogP contribution in [-0.4, -0.2) is 18.6 Å². The van der Waals surface area contributed by atoms with Crippen molar-refractivity contribution < 1.29 is 0 Å². The molecular weight excluding hydrogens is 268 g/mol. The summed E-state index contributed by atoms with van der Waals surface area (Å²) in [5.41, 5.74) is 8.88. The Kier molecular flexibility index (Phi) is 4.23. The number of halogens is 1. The van der Waals surface area contributed by atoms with Gasteiger partial charge >= 0.3 is 0 Å². The SMILES string of the molecule is CCC(N)Cc1ccc(Cl)cc1N(CC1CC1)C1CC1. The minimum absolute atomic E-state index is 0.247. The average molecular weight is 293 g/mol. The summed E-state index contributed by atoms with van der Waals surface area (Å²) in [4.78, 5) is 2.61. The van der Waals surface area contributed by atoms with Gasteiger partial charge in [-0.1, -0.05) is 24.6 Å². The minimum Gasteiger partial charge on any atom is -0.368 e. The summed E-state index contributed by atoms with van der Waals surface area (Å²) in [5, 5.41) is 0.843. The lowest BCUT2D eigenvalue weighted by atomic mass is 10.0. The molecule has 1 aromatic rings. The molecule has 20 heavy (non-hydrogen) atoms. The van der Waals surface area contributed by atoms with E-state index in [1.54, 1.807) is 0 Å². The van der Waals surface area contributed by atoms with Gasteiger partial charge in [0, 0.05) is 29.3 Å². The maximum absolute atomic E-state index is 6.25. The Morgan fingerprint density at radius 2 is 2.05 bits per heavy atom. The number of benzene rings is 1. The molecule has 1 unspecified atom stereocenters. The van der Waals surface area contributed by atoms with E-state index in [1.165, 1.54) is 43.5 Å². The molecule has 0 saturated heterocycles. The van der Waals surface area contributed by atoms with Crippen LogP contribution >= 0.6 is 11.6 Å². The first-order valence-corrected chi connectivity index (χ1v) is 8.35. The first-order chi connectivity index (χ1) is 9.67. The van der Waals surface area contributed by atoms with Gasteiger partial charge in [0.2, 0.25) is 0 Å². The molecule has 3 rings (SSSR count). The number of anilines is 1. The van der Waals surface area contributed by atoms with E-state index in [-0.39, 0.29) is 6.04 Å². The van der Waals surface area contributed by atoms with Crippen LogP contribution in [0, 0.1) is 5.92 Å². The molecule has 1 aromatic carbocycles. The Morgan fingerprint density at radius 1 is 1.30 bits per heavy atom. The lowest BCUT2D eigenvalue weighted by molar-refractivity contribution is 0.641. The lowest BCUT2D eigenvalue weighted by Gasteiger charge is -2.28. The number of nitrogens with zero attached hydrogens (tertiary/aromatic N) is 1. The molecule has 0 aliphatic heterocycles. The van der Waals surface area contributed by atoms with Crippen molar-refractivity contribution in [3.63, 3.8) is 0 Å². The average Bonchev–Trinajstić information content (AvgIpc) is 3.30. The second kappa shape index (κ2) is 5.95. The van der Waals surface area contributed by atoms with Gasteiger partial charge in [-0.15, -0.1) is 0 Å². The van der Waals surface area contributed by atoms with Gasteiger partial charge in [-0.3, -0.25) is 0 Å². The van der Waals surface area contributed by atoms with Crippen LogP contribution in [0.5, 0.6) is 0 Å². The van der Waals surface area contributed by atoms with Gasteiger partial charge in [0.05, 0.1) is 0 Å². The Hall–Kier alpha value is -0.730. The monoisotopic (exact) mass is 292 g/mol. The van der Waals surface area contributed by atoms with Crippen LogP contribution in [0.2, 0.25) is 5.02 Å². The zero-order valence-electron chi connectivity index (χ0n) is 12.3. The summed E-state index contributed by atoms with van der Waals surface area (Å²) < 4.78 is 0. The van der Waals surface area contributed by atoms with Crippen LogP contribution < -0.4 is 10.6 Å². The van der Waals surface area contributed by atoms with E-state index in [1.807, 2.05) is 6.07 Å². The van der Waals surface area contributed by atoms with E-state index in [4.69, 9.17) is 17.3 Å². The van der Waals surface area contributed by atoms with Crippen molar-refractivity contribution >= 4 is 17.3 Å². The predicted octanol–water partition coefficient (Wildman–Crippen LogP) is 4.00. The largest absolute Gasteiger partial charge is 0.368 e. The second-order valence-electron chi connectivity index (χ2n) is 6.47. The summed E-state index contributed by atoms with van der Waals surface area (Å²) in [6.07, 6.45) is 7.43. The molecule has 3 heteroatoms. The summed E-state index contributed by atoms with van der Waals surface area (Å²) in [5.74, 6) is 0.905. The quantitative estimate of drug-likeness (QED) is 0.823. The molecule has 2 aliphatic carbocycles. The molecule has 2 N–H and O–H groups in total. The molecule has 0 bridgehead atoms. The molecule has 2 aliphatic rings. The molecule has 2 saturated carbocycles. The van der Waals surface area contributed by atoms with Gasteiger partial charge in [0.15, 0.2) is 0 Å². The molecule has 0 amide bonds. The molecule has 110 valence electrons. The van der Waals surface area contributed by atoms with Crippen LogP contribution in [0.1, 0.15) is 44.6 Å². The smallest absolute Gasteiger partial charge is 0.0426 e. The van der Waals surface area contributed by atoms with E-state index in [0.717, 1.165) is 29.8 Å². The van der Waals surface area contributed by atoms with Crippen molar-refractivity contribution in [3.05, 3.63) is 28.8 Å². The van der Waals surface area contributed by atoms with Crippen molar-refractivity contribution in [1.82, 2.24) is 0 Å². The van der Waals surface area contributed by atoms with Crippen molar-refractivity contribution in [1.29, 1.82) is 0 Å². The predicted molar refractivity (Wildman–Crippen MR) is 86.5 cm³/mol. The van der Waals surface area contributed by atoms with E-state index in [9.17, 15) is 0 Å². The molecule has 2 nitrogen and oxygen atoms in total. The van der Waals surface area contributed by atoms with E-state index >= 15 is 0 Å². The Morgan fingerprint density at radius 3 is 2.65 bits per heavy atom. The third-order valence-electron chi connectivity index (χ3n) is 4.50. The Labute approximate surface area is 127 Å². The van der Waals surface area contributed by atoms with Crippen LogP contribution in [0.25, 0.3) is 0 Å². The number of hydrogen-bond donors (Lipinski definition) is 1. The second-order valence-corrected chi connectivity index (χ2v) is 6.91. The topological polar surface area (TPSA) is 29.3 Å². The van der Waals surface area contributed by atoms with Crippen molar-refractivity contribution in [3.8, 4) is 0 Å². The fourth-order valence-corrected chi connectivity index (χ4v) is 2.98. The molecule has 0 spiro atoms. The molecular formula is C17H25ClN2. The Bertz CT molecular complexity index is 466. The van der Waals surface area contributed by atoms with Crippen LogP contribution in [-0.2, 0) is 6.42 Å². The van der Waals surface area contributed by atoms with E-state index < -0.39 is 0 Å². The highest BCUT2D eigenvalue weighted by molar-refractivity contribution is 6.30. The maximum Gasteiger partial charge on any atom is 0.0426 e. The van der Waals surface area contributed by atoms with Gasteiger partial charge in [-0.25, -0.2) is 0 Å². The van der Waals surface area contributed by atoms with Gasteiger partial charge < -0.3 is 10.6 Å². The molecule has 2 fully saturated rings. The number of rotatable bonds is 7. The normalized spacial score (nSPS) is 19.9. The summed E-state index contributed by atoms with van der Waals surface area (Å²) in [6.45, 7) is 3.36. The maximum atomic E-state index is 6.25. The molecule has 1 atom stereocenters. The fraction of sp³-hybridized carbons (Fsp3) is 0.647. The first kappa shape index (κ1) is 14.2. The Balaban J connectivity index is 1.85. The van der Waals surface area contributed by atoms with E-state index in [2.05, 4.69) is 24.0 Å². The van der Waals surface area contributed by atoms with Gasteiger partial charge in [0.1, 0.15) is 0 Å². The fourth-order valence-electron chi connectivity index (χ4n) is 2.81. The highest BCUT2D eigenvalue weighted by Crippen LogP contribution is 2.39.